The van der Waals surface area contributed by atoms with E-state index in [4.69, 9.17) is 27.9 Å². The lowest BCUT2D eigenvalue weighted by molar-refractivity contribution is 0.102. The van der Waals surface area contributed by atoms with Gasteiger partial charge in [-0.3, -0.25) is 4.79 Å². The average molecular weight is 296 g/mol. The number of hydrogen-bond donors (Lipinski definition) is 1. The number of rotatable bonds is 3. The number of nitrogens with one attached hydrogen (secondary N) is 1. The maximum Gasteiger partial charge on any atom is 0.258 e. The molecular weight excluding hydrogens is 285 g/mol. The first kappa shape index (κ1) is 13.7. The fourth-order valence-corrected chi connectivity index (χ4v) is 2.22. The molecule has 1 amide bonds. The summed E-state index contributed by atoms with van der Waals surface area (Å²) in [5.74, 6) is 0.194. The van der Waals surface area contributed by atoms with Crippen LogP contribution >= 0.6 is 23.2 Å². The first-order valence-corrected chi connectivity index (χ1v) is 6.27. The maximum atomic E-state index is 12.2. The Labute approximate surface area is 121 Å². The van der Waals surface area contributed by atoms with Gasteiger partial charge in [0.15, 0.2) is 0 Å². The average Bonchev–Trinajstić information content (AvgIpc) is 2.39. The van der Waals surface area contributed by atoms with Gasteiger partial charge in [-0.1, -0.05) is 41.4 Å². The van der Waals surface area contributed by atoms with E-state index in [-0.39, 0.29) is 11.5 Å². The van der Waals surface area contributed by atoms with Crippen molar-refractivity contribution < 1.29 is 9.53 Å². The van der Waals surface area contributed by atoms with Crippen molar-refractivity contribution in [2.24, 2.45) is 0 Å². The second kappa shape index (κ2) is 5.95. The number of para-hydroxylation sites is 2. The van der Waals surface area contributed by atoms with Crippen molar-refractivity contribution in [3.63, 3.8) is 0 Å². The number of halogens is 2. The summed E-state index contributed by atoms with van der Waals surface area (Å²) in [5.41, 5.74) is 0.808. The summed E-state index contributed by atoms with van der Waals surface area (Å²) in [6.07, 6.45) is 0. The summed E-state index contributed by atoms with van der Waals surface area (Å²) in [5, 5.41) is 3.34. The van der Waals surface area contributed by atoms with Crippen LogP contribution in [0.2, 0.25) is 10.0 Å². The van der Waals surface area contributed by atoms with E-state index in [1.54, 1.807) is 36.4 Å². The number of anilines is 1. The highest BCUT2D eigenvalue weighted by molar-refractivity contribution is 6.40. The molecule has 0 spiro atoms. The van der Waals surface area contributed by atoms with Crippen molar-refractivity contribution in [2.75, 3.05) is 12.4 Å². The summed E-state index contributed by atoms with van der Waals surface area (Å²) in [6, 6.07) is 12.0. The zero-order valence-corrected chi connectivity index (χ0v) is 11.6. The lowest BCUT2D eigenvalue weighted by Crippen LogP contribution is -2.13. The Kier molecular flexibility index (Phi) is 4.30. The van der Waals surface area contributed by atoms with E-state index in [2.05, 4.69) is 5.32 Å². The fourth-order valence-electron chi connectivity index (χ4n) is 1.65. The second-order valence-corrected chi connectivity index (χ2v) is 4.57. The molecule has 0 aliphatic carbocycles. The van der Waals surface area contributed by atoms with Gasteiger partial charge in [0.1, 0.15) is 5.75 Å². The zero-order valence-electron chi connectivity index (χ0n) is 10.1. The predicted octanol–water partition coefficient (Wildman–Crippen LogP) is 4.25. The molecular formula is C14H11Cl2NO2. The summed E-state index contributed by atoms with van der Waals surface area (Å²) < 4.78 is 5.16. The van der Waals surface area contributed by atoms with Crippen LogP contribution in [0.5, 0.6) is 5.75 Å². The minimum atomic E-state index is -0.375. The van der Waals surface area contributed by atoms with Crippen LogP contribution in [-0.4, -0.2) is 13.0 Å². The highest BCUT2D eigenvalue weighted by Gasteiger charge is 2.15. The Morgan fingerprint density at radius 3 is 2.32 bits per heavy atom. The van der Waals surface area contributed by atoms with Gasteiger partial charge in [-0.05, 0) is 24.3 Å². The van der Waals surface area contributed by atoms with E-state index in [0.717, 1.165) is 0 Å². The van der Waals surface area contributed by atoms with Gasteiger partial charge in [0.2, 0.25) is 0 Å². The Hall–Kier alpha value is -1.71. The van der Waals surface area contributed by atoms with Crippen molar-refractivity contribution in [1.82, 2.24) is 0 Å². The minimum Gasteiger partial charge on any atom is -0.495 e. The molecule has 0 heterocycles. The molecule has 0 fully saturated rings. The Morgan fingerprint density at radius 2 is 1.68 bits per heavy atom. The molecule has 0 saturated carbocycles. The largest absolute Gasteiger partial charge is 0.495 e. The molecule has 0 aromatic heterocycles. The number of ether oxygens (including phenoxy) is 1. The van der Waals surface area contributed by atoms with E-state index >= 15 is 0 Å². The SMILES string of the molecule is COc1ccccc1NC(=O)c1c(Cl)cccc1Cl. The number of amides is 1. The number of methoxy groups -OCH3 is 1. The van der Waals surface area contributed by atoms with Gasteiger partial charge in [-0.25, -0.2) is 0 Å². The molecule has 0 unspecified atom stereocenters. The standard InChI is InChI=1S/C14H11Cl2NO2/c1-19-12-8-3-2-7-11(12)17-14(18)13-9(15)5-4-6-10(13)16/h2-8H,1H3,(H,17,18). The number of carbonyl (C=O) groups excluding carboxylic acids is 1. The molecule has 2 rings (SSSR count). The molecule has 0 atom stereocenters. The fraction of sp³-hybridized carbons (Fsp3) is 0.0714. The van der Waals surface area contributed by atoms with Gasteiger partial charge >= 0.3 is 0 Å². The summed E-state index contributed by atoms with van der Waals surface area (Å²) in [6.45, 7) is 0. The lowest BCUT2D eigenvalue weighted by Gasteiger charge is -2.11. The van der Waals surface area contributed by atoms with E-state index in [1.807, 2.05) is 6.07 Å². The molecule has 0 aliphatic heterocycles. The van der Waals surface area contributed by atoms with Crippen molar-refractivity contribution in [3.8, 4) is 5.75 Å². The van der Waals surface area contributed by atoms with Crippen molar-refractivity contribution >= 4 is 34.8 Å². The van der Waals surface area contributed by atoms with Crippen molar-refractivity contribution in [1.29, 1.82) is 0 Å². The first-order valence-electron chi connectivity index (χ1n) is 5.52. The molecule has 0 aliphatic rings. The Balaban J connectivity index is 2.31. The van der Waals surface area contributed by atoms with Gasteiger partial charge in [-0.2, -0.15) is 0 Å². The summed E-state index contributed by atoms with van der Waals surface area (Å²) in [7, 11) is 1.54. The Morgan fingerprint density at radius 1 is 1.05 bits per heavy atom. The van der Waals surface area contributed by atoms with E-state index < -0.39 is 0 Å². The lowest BCUT2D eigenvalue weighted by atomic mass is 10.2. The van der Waals surface area contributed by atoms with Crippen LogP contribution in [0.3, 0.4) is 0 Å². The van der Waals surface area contributed by atoms with E-state index in [0.29, 0.717) is 21.5 Å². The van der Waals surface area contributed by atoms with Gasteiger partial charge in [0.25, 0.3) is 5.91 Å². The number of carbonyl (C=O) groups is 1. The highest BCUT2D eigenvalue weighted by atomic mass is 35.5. The van der Waals surface area contributed by atoms with Crippen LogP contribution in [0.4, 0.5) is 5.69 Å². The molecule has 19 heavy (non-hydrogen) atoms. The van der Waals surface area contributed by atoms with Gasteiger partial charge < -0.3 is 10.1 Å². The molecule has 98 valence electrons. The normalized spacial score (nSPS) is 10.1. The molecule has 2 aromatic carbocycles. The molecule has 0 saturated heterocycles. The molecule has 0 bridgehead atoms. The topological polar surface area (TPSA) is 38.3 Å². The second-order valence-electron chi connectivity index (χ2n) is 3.75. The molecule has 1 N–H and O–H groups in total. The van der Waals surface area contributed by atoms with Crippen LogP contribution in [0, 0.1) is 0 Å². The van der Waals surface area contributed by atoms with Crippen LogP contribution in [0.25, 0.3) is 0 Å². The van der Waals surface area contributed by atoms with Gasteiger partial charge in [-0.15, -0.1) is 0 Å². The van der Waals surface area contributed by atoms with Crippen LogP contribution < -0.4 is 10.1 Å². The van der Waals surface area contributed by atoms with E-state index in [9.17, 15) is 4.79 Å². The van der Waals surface area contributed by atoms with Crippen LogP contribution in [0.1, 0.15) is 10.4 Å². The quantitative estimate of drug-likeness (QED) is 0.919. The summed E-state index contributed by atoms with van der Waals surface area (Å²) in [4.78, 5) is 12.2. The van der Waals surface area contributed by atoms with Crippen molar-refractivity contribution in [3.05, 3.63) is 58.1 Å². The number of benzene rings is 2. The molecule has 2 aromatic rings. The zero-order chi connectivity index (χ0) is 13.8. The van der Waals surface area contributed by atoms with Gasteiger partial charge in [0.05, 0.1) is 28.4 Å². The maximum absolute atomic E-state index is 12.2. The van der Waals surface area contributed by atoms with Gasteiger partial charge in [0, 0.05) is 0 Å². The predicted molar refractivity (Wildman–Crippen MR) is 77.4 cm³/mol. The molecule has 5 heteroatoms. The van der Waals surface area contributed by atoms with E-state index in [1.165, 1.54) is 7.11 Å². The van der Waals surface area contributed by atoms with Crippen LogP contribution in [0.15, 0.2) is 42.5 Å². The number of hydrogen-bond acceptors (Lipinski definition) is 2. The third-order valence-electron chi connectivity index (χ3n) is 2.54. The Bertz CT molecular complexity index is 594. The van der Waals surface area contributed by atoms with Crippen molar-refractivity contribution in [2.45, 2.75) is 0 Å². The third kappa shape index (κ3) is 3.00. The monoisotopic (exact) mass is 295 g/mol. The van der Waals surface area contributed by atoms with Crippen LogP contribution in [-0.2, 0) is 0 Å². The first-order chi connectivity index (χ1) is 9.13. The highest BCUT2D eigenvalue weighted by Crippen LogP contribution is 2.28. The molecule has 3 nitrogen and oxygen atoms in total. The molecule has 0 radical (unpaired) electrons. The smallest absolute Gasteiger partial charge is 0.258 e. The summed E-state index contributed by atoms with van der Waals surface area (Å²) >= 11 is 12.0. The minimum absolute atomic E-state index is 0.247. The third-order valence-corrected chi connectivity index (χ3v) is 3.17.